The van der Waals surface area contributed by atoms with Gasteiger partial charge in [-0.15, -0.1) is 0 Å². The van der Waals surface area contributed by atoms with Crippen LogP contribution in [0.2, 0.25) is 0 Å². The summed E-state index contributed by atoms with van der Waals surface area (Å²) in [6, 6.07) is -0.924. The number of hydrogen-bond donors (Lipinski definition) is 4. The number of nitrogens with zero attached hydrogens (tertiary/aromatic N) is 1. The Morgan fingerprint density at radius 1 is 1.35 bits per heavy atom. The second kappa shape index (κ2) is 9.08. The number of aromatic nitrogens is 2. The number of nitrogens with two attached hydrogens (primary N) is 1. The summed E-state index contributed by atoms with van der Waals surface area (Å²) >= 11 is 0. The SMILES string of the molecule is NCCCCCCC(=O)N[C@H](Cc1cnc[nH]1)C(=O)O. The molecule has 1 rings (SSSR count). The summed E-state index contributed by atoms with van der Waals surface area (Å²) in [5.74, 6) is -1.28. The maximum Gasteiger partial charge on any atom is 0.326 e. The Kier molecular flexibility index (Phi) is 7.34. The number of hydrogen-bond acceptors (Lipinski definition) is 4. The predicted octanol–water partition coefficient (Wildman–Crippen LogP) is 0.431. The number of H-pyrrole nitrogens is 1. The van der Waals surface area contributed by atoms with Crippen LogP contribution in [0, 0.1) is 0 Å². The van der Waals surface area contributed by atoms with Crippen molar-refractivity contribution in [1.82, 2.24) is 15.3 Å². The van der Waals surface area contributed by atoms with E-state index in [-0.39, 0.29) is 12.3 Å². The van der Waals surface area contributed by atoms with Crippen LogP contribution >= 0.6 is 0 Å². The molecule has 0 spiro atoms. The number of carbonyl (C=O) groups is 2. The molecule has 1 heterocycles. The zero-order valence-corrected chi connectivity index (χ0v) is 11.5. The van der Waals surface area contributed by atoms with Crippen molar-refractivity contribution in [3.8, 4) is 0 Å². The highest BCUT2D eigenvalue weighted by atomic mass is 16.4. The fraction of sp³-hybridized carbons (Fsp3) is 0.615. The first-order valence-electron chi connectivity index (χ1n) is 6.83. The van der Waals surface area contributed by atoms with E-state index in [4.69, 9.17) is 10.8 Å². The van der Waals surface area contributed by atoms with Crippen molar-refractivity contribution in [2.24, 2.45) is 5.73 Å². The number of aromatic amines is 1. The summed E-state index contributed by atoms with van der Waals surface area (Å²) in [4.78, 5) is 29.5. The molecule has 1 aromatic heterocycles. The molecule has 7 heteroatoms. The molecular formula is C13H22N4O3. The molecular weight excluding hydrogens is 260 g/mol. The number of carbonyl (C=O) groups excluding carboxylic acids is 1. The van der Waals surface area contributed by atoms with Crippen LogP contribution in [0.1, 0.15) is 37.8 Å². The summed E-state index contributed by atoms with van der Waals surface area (Å²) < 4.78 is 0. The van der Waals surface area contributed by atoms with Crippen LogP contribution in [0.15, 0.2) is 12.5 Å². The van der Waals surface area contributed by atoms with Crippen molar-refractivity contribution in [3.05, 3.63) is 18.2 Å². The van der Waals surface area contributed by atoms with E-state index in [1.807, 2.05) is 0 Å². The van der Waals surface area contributed by atoms with Gasteiger partial charge in [0.25, 0.3) is 0 Å². The molecule has 1 atom stereocenters. The van der Waals surface area contributed by atoms with Crippen LogP contribution in [-0.2, 0) is 16.0 Å². The summed E-state index contributed by atoms with van der Waals surface area (Å²) in [5, 5.41) is 11.6. The molecule has 20 heavy (non-hydrogen) atoms. The van der Waals surface area contributed by atoms with Crippen molar-refractivity contribution < 1.29 is 14.7 Å². The smallest absolute Gasteiger partial charge is 0.326 e. The Morgan fingerprint density at radius 3 is 2.70 bits per heavy atom. The van der Waals surface area contributed by atoms with E-state index in [0.29, 0.717) is 18.7 Å². The molecule has 7 nitrogen and oxygen atoms in total. The molecule has 0 radical (unpaired) electrons. The first-order valence-corrected chi connectivity index (χ1v) is 6.83. The van der Waals surface area contributed by atoms with Crippen molar-refractivity contribution in [2.45, 2.75) is 44.6 Å². The molecule has 0 aliphatic heterocycles. The Balaban J connectivity index is 2.30. The molecule has 0 aliphatic carbocycles. The first-order chi connectivity index (χ1) is 9.63. The second-order valence-corrected chi connectivity index (χ2v) is 4.69. The van der Waals surface area contributed by atoms with Gasteiger partial charge in [-0.25, -0.2) is 9.78 Å². The van der Waals surface area contributed by atoms with Crippen LogP contribution in [0.25, 0.3) is 0 Å². The third-order valence-electron chi connectivity index (χ3n) is 2.97. The molecule has 0 saturated carbocycles. The Bertz CT molecular complexity index is 406. The quantitative estimate of drug-likeness (QED) is 0.464. The first kappa shape index (κ1) is 16.2. The minimum absolute atomic E-state index is 0.203. The number of imidazole rings is 1. The zero-order chi connectivity index (χ0) is 14.8. The van der Waals surface area contributed by atoms with Gasteiger partial charge in [-0.05, 0) is 19.4 Å². The normalized spacial score (nSPS) is 12.1. The average molecular weight is 282 g/mol. The van der Waals surface area contributed by atoms with Gasteiger partial charge in [0.05, 0.1) is 6.33 Å². The van der Waals surface area contributed by atoms with Crippen molar-refractivity contribution in [2.75, 3.05) is 6.54 Å². The van der Waals surface area contributed by atoms with Crippen LogP contribution < -0.4 is 11.1 Å². The lowest BCUT2D eigenvalue weighted by atomic mass is 10.1. The fourth-order valence-corrected chi connectivity index (χ4v) is 1.87. The molecule has 0 saturated heterocycles. The lowest BCUT2D eigenvalue weighted by Crippen LogP contribution is -2.42. The van der Waals surface area contributed by atoms with Gasteiger partial charge in [0.2, 0.25) is 5.91 Å². The summed E-state index contributed by atoms with van der Waals surface area (Å²) in [7, 11) is 0. The number of amides is 1. The highest BCUT2D eigenvalue weighted by molar-refractivity contribution is 5.83. The summed E-state index contributed by atoms with van der Waals surface area (Å²) in [6.45, 7) is 0.664. The van der Waals surface area contributed by atoms with E-state index < -0.39 is 12.0 Å². The van der Waals surface area contributed by atoms with Crippen LogP contribution in [-0.4, -0.2) is 39.5 Å². The molecule has 1 amide bonds. The largest absolute Gasteiger partial charge is 0.480 e. The molecule has 0 aromatic carbocycles. The maximum absolute atomic E-state index is 11.7. The predicted molar refractivity (Wildman–Crippen MR) is 74.0 cm³/mol. The minimum atomic E-state index is -1.05. The van der Waals surface area contributed by atoms with E-state index in [0.717, 1.165) is 25.7 Å². The van der Waals surface area contributed by atoms with E-state index in [1.54, 1.807) is 6.20 Å². The number of carboxylic acid groups (broad SMARTS) is 1. The third kappa shape index (κ3) is 6.33. The number of unbranched alkanes of at least 4 members (excludes halogenated alkanes) is 3. The molecule has 0 unspecified atom stereocenters. The van der Waals surface area contributed by atoms with E-state index in [2.05, 4.69) is 15.3 Å². The minimum Gasteiger partial charge on any atom is -0.480 e. The monoisotopic (exact) mass is 282 g/mol. The van der Waals surface area contributed by atoms with Crippen molar-refractivity contribution in [3.63, 3.8) is 0 Å². The van der Waals surface area contributed by atoms with Crippen LogP contribution in [0.3, 0.4) is 0 Å². The van der Waals surface area contributed by atoms with Crippen LogP contribution in [0.5, 0.6) is 0 Å². The van der Waals surface area contributed by atoms with Gasteiger partial charge in [-0.3, -0.25) is 4.79 Å². The van der Waals surface area contributed by atoms with Gasteiger partial charge < -0.3 is 21.1 Å². The molecule has 5 N–H and O–H groups in total. The van der Waals surface area contributed by atoms with Gasteiger partial charge in [0.15, 0.2) is 0 Å². The van der Waals surface area contributed by atoms with Crippen LogP contribution in [0.4, 0.5) is 0 Å². The third-order valence-corrected chi connectivity index (χ3v) is 2.97. The lowest BCUT2D eigenvalue weighted by Gasteiger charge is -2.13. The summed E-state index contributed by atoms with van der Waals surface area (Å²) in [5.41, 5.74) is 6.06. The van der Waals surface area contributed by atoms with Crippen molar-refractivity contribution >= 4 is 11.9 Å². The number of nitrogens with one attached hydrogen (secondary N) is 2. The van der Waals surface area contributed by atoms with Gasteiger partial charge in [-0.2, -0.15) is 0 Å². The van der Waals surface area contributed by atoms with E-state index in [9.17, 15) is 9.59 Å². The highest BCUT2D eigenvalue weighted by Gasteiger charge is 2.20. The molecule has 1 aromatic rings. The average Bonchev–Trinajstić information content (AvgIpc) is 2.90. The Morgan fingerprint density at radius 2 is 2.10 bits per heavy atom. The molecule has 0 fully saturated rings. The number of carboxylic acids is 1. The second-order valence-electron chi connectivity index (χ2n) is 4.69. The van der Waals surface area contributed by atoms with Gasteiger partial charge in [-0.1, -0.05) is 12.8 Å². The topological polar surface area (TPSA) is 121 Å². The number of rotatable bonds is 10. The molecule has 0 aliphatic rings. The fourth-order valence-electron chi connectivity index (χ4n) is 1.87. The van der Waals surface area contributed by atoms with E-state index in [1.165, 1.54) is 6.33 Å². The molecule has 0 bridgehead atoms. The number of aliphatic carboxylic acids is 1. The standard InChI is InChI=1S/C13H22N4O3/c14-6-4-2-1-3-5-12(18)17-11(13(19)20)7-10-8-15-9-16-10/h8-9,11H,1-7,14H2,(H,15,16)(H,17,18)(H,19,20)/t11-/m1/s1. The van der Waals surface area contributed by atoms with Gasteiger partial charge in [0.1, 0.15) is 6.04 Å². The zero-order valence-electron chi connectivity index (χ0n) is 11.5. The molecule has 112 valence electrons. The summed E-state index contributed by atoms with van der Waals surface area (Å²) in [6.07, 6.45) is 7.22. The maximum atomic E-state index is 11.7. The van der Waals surface area contributed by atoms with E-state index >= 15 is 0 Å². The Labute approximate surface area is 118 Å². The highest BCUT2D eigenvalue weighted by Crippen LogP contribution is 2.04. The van der Waals surface area contributed by atoms with Gasteiger partial charge in [0, 0.05) is 24.7 Å². The van der Waals surface area contributed by atoms with Crippen molar-refractivity contribution in [1.29, 1.82) is 0 Å². The lowest BCUT2D eigenvalue weighted by molar-refractivity contribution is -0.141. The Hall–Kier alpha value is -1.89. The van der Waals surface area contributed by atoms with Gasteiger partial charge >= 0.3 is 5.97 Å².